The topological polar surface area (TPSA) is 71.4 Å². The van der Waals surface area contributed by atoms with E-state index in [0.717, 1.165) is 0 Å². The first-order chi connectivity index (χ1) is 7.20. The molecule has 0 aromatic rings. The summed E-state index contributed by atoms with van der Waals surface area (Å²) in [4.78, 5) is 35.4. The third-order valence-electron chi connectivity index (χ3n) is 5.22. The molecule has 0 radical (unpaired) electrons. The Bertz CT molecular complexity index is 409. The zero-order chi connectivity index (χ0) is 12.4. The van der Waals surface area contributed by atoms with Gasteiger partial charge >= 0.3 is 5.97 Å². The second-order valence-corrected chi connectivity index (χ2v) is 5.69. The third-order valence-corrected chi connectivity index (χ3v) is 5.22. The maximum Gasteiger partial charge on any atom is 0.317 e. The Morgan fingerprint density at radius 2 is 1.69 bits per heavy atom. The molecule has 1 N–H and O–H groups in total. The van der Waals surface area contributed by atoms with E-state index in [2.05, 4.69) is 0 Å². The number of aliphatic carboxylic acids is 1. The van der Waals surface area contributed by atoms with Crippen LogP contribution in [0.2, 0.25) is 0 Å². The van der Waals surface area contributed by atoms with Crippen LogP contribution in [0, 0.1) is 16.2 Å². The van der Waals surface area contributed by atoms with Crippen molar-refractivity contribution in [3.8, 4) is 0 Å². The summed E-state index contributed by atoms with van der Waals surface area (Å²) in [6.45, 7) is 5.28. The molecule has 0 aromatic carbocycles. The van der Waals surface area contributed by atoms with Gasteiger partial charge in [-0.2, -0.15) is 0 Å². The highest BCUT2D eigenvalue weighted by Crippen LogP contribution is 2.66. The summed E-state index contributed by atoms with van der Waals surface area (Å²) >= 11 is 0. The van der Waals surface area contributed by atoms with Gasteiger partial charge in [0.25, 0.3) is 0 Å². The summed E-state index contributed by atoms with van der Waals surface area (Å²) in [5.74, 6) is -1.58. The second-order valence-electron chi connectivity index (χ2n) is 5.69. The van der Waals surface area contributed by atoms with Gasteiger partial charge in [-0.3, -0.25) is 14.4 Å². The lowest BCUT2D eigenvalue weighted by molar-refractivity contribution is -0.171. The number of carboxylic acid groups (broad SMARTS) is 1. The number of carbonyl (C=O) groups excluding carboxylic acids is 2. The molecule has 0 aliphatic heterocycles. The molecule has 2 unspecified atom stereocenters. The first-order valence-corrected chi connectivity index (χ1v) is 5.50. The van der Waals surface area contributed by atoms with Crippen LogP contribution in [0.5, 0.6) is 0 Å². The molecule has 0 amide bonds. The van der Waals surface area contributed by atoms with Gasteiger partial charge in [0.2, 0.25) is 0 Å². The number of carboxylic acids is 1. The number of hydrogen-bond acceptors (Lipinski definition) is 3. The summed E-state index contributed by atoms with van der Waals surface area (Å²) < 4.78 is 0. The van der Waals surface area contributed by atoms with Crippen molar-refractivity contribution in [1.82, 2.24) is 0 Å². The first kappa shape index (κ1) is 11.3. The molecule has 2 fully saturated rings. The predicted molar refractivity (Wildman–Crippen MR) is 55.8 cm³/mol. The number of Topliss-reactive ketones (excluding diaryl/α,β-unsaturated/α-hetero) is 2. The van der Waals surface area contributed by atoms with E-state index in [1.165, 1.54) is 0 Å². The van der Waals surface area contributed by atoms with Crippen LogP contribution in [-0.4, -0.2) is 22.6 Å². The Morgan fingerprint density at radius 3 is 2.19 bits per heavy atom. The van der Waals surface area contributed by atoms with Gasteiger partial charge in [0.1, 0.15) is 11.2 Å². The molecule has 2 saturated carbocycles. The van der Waals surface area contributed by atoms with Crippen molar-refractivity contribution >= 4 is 17.5 Å². The van der Waals surface area contributed by atoms with Crippen LogP contribution < -0.4 is 0 Å². The Balaban J connectivity index is 2.69. The van der Waals surface area contributed by atoms with Crippen molar-refractivity contribution in [2.24, 2.45) is 16.2 Å². The van der Waals surface area contributed by atoms with Crippen LogP contribution in [0.1, 0.15) is 40.0 Å². The zero-order valence-corrected chi connectivity index (χ0v) is 9.79. The van der Waals surface area contributed by atoms with Crippen LogP contribution in [0.3, 0.4) is 0 Å². The van der Waals surface area contributed by atoms with E-state index in [9.17, 15) is 19.5 Å². The van der Waals surface area contributed by atoms with Gasteiger partial charge in [-0.15, -0.1) is 0 Å². The molecule has 2 rings (SSSR count). The summed E-state index contributed by atoms with van der Waals surface area (Å²) in [5.41, 5.74) is -2.81. The van der Waals surface area contributed by atoms with Crippen LogP contribution in [0.25, 0.3) is 0 Å². The number of ketones is 2. The van der Waals surface area contributed by atoms with Gasteiger partial charge in [0.15, 0.2) is 5.78 Å². The minimum absolute atomic E-state index is 0.100. The Kier molecular flexibility index (Phi) is 1.93. The summed E-state index contributed by atoms with van der Waals surface area (Å²) in [5, 5.41) is 9.39. The largest absolute Gasteiger partial charge is 0.480 e. The molecule has 2 atom stereocenters. The first-order valence-electron chi connectivity index (χ1n) is 5.50. The molecule has 2 aliphatic rings. The van der Waals surface area contributed by atoms with E-state index < -0.39 is 28.0 Å². The highest BCUT2D eigenvalue weighted by molar-refractivity contribution is 6.16. The maximum atomic E-state index is 12.0. The van der Waals surface area contributed by atoms with Crippen molar-refractivity contribution in [1.29, 1.82) is 0 Å². The Labute approximate surface area is 94.0 Å². The van der Waals surface area contributed by atoms with Crippen molar-refractivity contribution in [2.75, 3.05) is 0 Å². The van der Waals surface area contributed by atoms with E-state index in [4.69, 9.17) is 0 Å². The normalized spacial score (nSPS) is 41.2. The molecule has 16 heavy (non-hydrogen) atoms. The summed E-state index contributed by atoms with van der Waals surface area (Å²) in [7, 11) is 0. The molecule has 0 heterocycles. The number of hydrogen-bond donors (Lipinski definition) is 1. The van der Waals surface area contributed by atoms with Crippen molar-refractivity contribution in [3.63, 3.8) is 0 Å². The Morgan fingerprint density at radius 1 is 1.12 bits per heavy atom. The minimum Gasteiger partial charge on any atom is -0.480 e. The lowest BCUT2D eigenvalue weighted by Gasteiger charge is -2.48. The van der Waals surface area contributed by atoms with Crippen molar-refractivity contribution in [2.45, 2.75) is 40.0 Å². The van der Waals surface area contributed by atoms with Crippen LogP contribution in [0.4, 0.5) is 0 Å². The fourth-order valence-corrected chi connectivity index (χ4v) is 3.49. The second kappa shape index (κ2) is 2.73. The molecular weight excluding hydrogens is 208 g/mol. The lowest BCUT2D eigenvalue weighted by atomic mass is 9.51. The highest BCUT2D eigenvalue weighted by Gasteiger charge is 2.73. The average molecular weight is 224 g/mol. The molecule has 88 valence electrons. The van der Waals surface area contributed by atoms with Gasteiger partial charge in [-0.25, -0.2) is 0 Å². The quantitative estimate of drug-likeness (QED) is 0.684. The Hall–Kier alpha value is -1.19. The van der Waals surface area contributed by atoms with E-state index in [-0.39, 0.29) is 18.6 Å². The van der Waals surface area contributed by atoms with Gasteiger partial charge in [-0.1, -0.05) is 20.8 Å². The molecule has 0 aromatic heterocycles. The summed E-state index contributed by atoms with van der Waals surface area (Å²) in [6.07, 6.45) is 0.569. The van der Waals surface area contributed by atoms with Gasteiger partial charge in [0.05, 0.1) is 6.42 Å². The number of fused-ring (bicyclic) bond motifs is 2. The van der Waals surface area contributed by atoms with Crippen molar-refractivity contribution < 1.29 is 19.5 Å². The SMILES string of the molecule is CC12CCC(C(=O)O)(C(=O)CC1=O)C2(C)C. The third kappa shape index (κ3) is 0.851. The molecule has 2 bridgehead atoms. The zero-order valence-electron chi connectivity index (χ0n) is 9.79. The number of rotatable bonds is 1. The highest BCUT2D eigenvalue weighted by atomic mass is 16.4. The fourth-order valence-electron chi connectivity index (χ4n) is 3.49. The fraction of sp³-hybridized carbons (Fsp3) is 0.750. The standard InChI is InChI=1S/C12H16O4/c1-10(2)11(3)4-5-12(10,9(15)16)8(14)6-7(11)13/h4-6H2,1-3H3,(H,15,16). The van der Waals surface area contributed by atoms with Crippen molar-refractivity contribution in [3.05, 3.63) is 0 Å². The molecule has 4 heteroatoms. The van der Waals surface area contributed by atoms with Gasteiger partial charge in [0, 0.05) is 10.8 Å². The molecule has 0 saturated heterocycles. The van der Waals surface area contributed by atoms with Crippen LogP contribution >= 0.6 is 0 Å². The smallest absolute Gasteiger partial charge is 0.317 e. The van der Waals surface area contributed by atoms with Gasteiger partial charge < -0.3 is 5.11 Å². The van der Waals surface area contributed by atoms with E-state index in [1.54, 1.807) is 20.8 Å². The van der Waals surface area contributed by atoms with Gasteiger partial charge in [-0.05, 0) is 12.8 Å². The van der Waals surface area contributed by atoms with Crippen LogP contribution in [0.15, 0.2) is 0 Å². The lowest BCUT2D eigenvalue weighted by Crippen LogP contribution is -2.58. The van der Waals surface area contributed by atoms with E-state index >= 15 is 0 Å². The molecular formula is C12H16O4. The maximum absolute atomic E-state index is 12.0. The predicted octanol–water partition coefficient (Wildman–Crippen LogP) is 1.43. The molecule has 4 nitrogen and oxygen atoms in total. The average Bonchev–Trinajstić information content (AvgIpc) is 2.29. The molecule has 0 spiro atoms. The van der Waals surface area contributed by atoms with Crippen LogP contribution in [-0.2, 0) is 14.4 Å². The summed E-state index contributed by atoms with van der Waals surface area (Å²) in [6, 6.07) is 0. The van der Waals surface area contributed by atoms with E-state index in [1.807, 2.05) is 0 Å². The molecule has 2 aliphatic carbocycles. The minimum atomic E-state index is -1.35. The number of carbonyl (C=O) groups is 3. The van der Waals surface area contributed by atoms with E-state index in [0.29, 0.717) is 6.42 Å². The monoisotopic (exact) mass is 224 g/mol.